The molecule has 24 heavy (non-hydrogen) atoms. The zero-order valence-corrected chi connectivity index (χ0v) is 15.0. The molecule has 1 aliphatic carbocycles. The number of benzene rings is 1. The summed E-state index contributed by atoms with van der Waals surface area (Å²) in [6.45, 7) is 7.41. The van der Waals surface area contributed by atoms with Gasteiger partial charge >= 0.3 is 6.09 Å². The monoisotopic (exact) mass is 348 g/mol. The van der Waals surface area contributed by atoms with Gasteiger partial charge in [-0.3, -0.25) is 5.32 Å². The van der Waals surface area contributed by atoms with Gasteiger partial charge in [-0.1, -0.05) is 28.9 Å². The maximum atomic E-state index is 12.2. The number of nitrogens with zero attached hydrogens (tertiary/aromatic N) is 1. The van der Waals surface area contributed by atoms with Crippen molar-refractivity contribution in [3.63, 3.8) is 0 Å². The van der Waals surface area contributed by atoms with Crippen molar-refractivity contribution in [1.29, 1.82) is 0 Å². The van der Waals surface area contributed by atoms with Crippen molar-refractivity contribution in [3.8, 4) is 11.3 Å². The van der Waals surface area contributed by atoms with Crippen LogP contribution >= 0.6 is 11.6 Å². The number of aromatic nitrogens is 1. The van der Waals surface area contributed by atoms with Crippen molar-refractivity contribution in [1.82, 2.24) is 5.16 Å². The summed E-state index contributed by atoms with van der Waals surface area (Å²) in [5.41, 5.74) is 2.25. The Morgan fingerprint density at radius 2 is 2.08 bits per heavy atom. The quantitative estimate of drug-likeness (QED) is 0.792. The summed E-state index contributed by atoms with van der Waals surface area (Å²) in [5.74, 6) is 0.981. The first-order valence-electron chi connectivity index (χ1n) is 8.01. The number of amides is 1. The van der Waals surface area contributed by atoms with Crippen LogP contribution in [0.1, 0.15) is 50.9 Å². The molecule has 0 spiro atoms. The summed E-state index contributed by atoms with van der Waals surface area (Å²) in [6.07, 6.45) is 1.52. The second-order valence-corrected chi connectivity index (χ2v) is 7.51. The lowest BCUT2D eigenvalue weighted by atomic mass is 10.0. The van der Waals surface area contributed by atoms with E-state index in [0.29, 0.717) is 28.1 Å². The highest BCUT2D eigenvalue weighted by atomic mass is 35.5. The molecule has 1 saturated carbocycles. The summed E-state index contributed by atoms with van der Waals surface area (Å²) in [7, 11) is 0. The summed E-state index contributed by atoms with van der Waals surface area (Å²) in [6, 6.07) is 5.63. The van der Waals surface area contributed by atoms with Gasteiger partial charge in [-0.2, -0.15) is 0 Å². The van der Waals surface area contributed by atoms with Crippen LogP contribution in [0.2, 0.25) is 5.02 Å². The number of halogens is 1. The summed E-state index contributed by atoms with van der Waals surface area (Å²) in [4.78, 5) is 12.2. The third kappa shape index (κ3) is 3.56. The van der Waals surface area contributed by atoms with E-state index in [0.717, 1.165) is 24.0 Å². The van der Waals surface area contributed by atoms with E-state index in [1.807, 2.05) is 39.8 Å². The molecule has 0 radical (unpaired) electrons. The van der Waals surface area contributed by atoms with Crippen molar-refractivity contribution in [3.05, 3.63) is 34.5 Å². The highest BCUT2D eigenvalue weighted by Crippen LogP contribution is 2.47. The molecule has 1 aromatic carbocycles. The van der Waals surface area contributed by atoms with Gasteiger partial charge in [0.15, 0.2) is 5.76 Å². The number of rotatable bonds is 3. The van der Waals surface area contributed by atoms with Gasteiger partial charge in [0.05, 0.1) is 5.02 Å². The molecule has 2 aromatic rings. The topological polar surface area (TPSA) is 64.4 Å². The molecule has 1 aliphatic rings. The van der Waals surface area contributed by atoms with E-state index in [4.69, 9.17) is 20.9 Å². The van der Waals surface area contributed by atoms with Crippen molar-refractivity contribution >= 4 is 23.4 Å². The van der Waals surface area contributed by atoms with Gasteiger partial charge in [0.2, 0.25) is 0 Å². The van der Waals surface area contributed by atoms with Crippen LogP contribution in [0, 0.1) is 6.92 Å². The van der Waals surface area contributed by atoms with Gasteiger partial charge in [0, 0.05) is 11.5 Å². The van der Waals surface area contributed by atoms with E-state index in [-0.39, 0.29) is 0 Å². The Morgan fingerprint density at radius 3 is 2.67 bits per heavy atom. The third-order valence-corrected chi connectivity index (χ3v) is 4.07. The standard InChI is InChI=1S/C18H21ClN2O3/c1-10-6-5-7-12(19)13(10)14-15(16(24-21-14)11-8-9-11)20-17(22)23-18(2,3)4/h5-7,11H,8-9H2,1-4H3,(H,20,22). The van der Waals surface area contributed by atoms with Gasteiger partial charge in [-0.15, -0.1) is 0 Å². The Kier molecular flexibility index (Phi) is 4.30. The first kappa shape index (κ1) is 16.8. The third-order valence-electron chi connectivity index (χ3n) is 3.75. The number of aryl methyl sites for hydroxylation is 1. The fourth-order valence-corrected chi connectivity index (χ4v) is 2.87. The Morgan fingerprint density at radius 1 is 1.38 bits per heavy atom. The smallest absolute Gasteiger partial charge is 0.412 e. The predicted molar refractivity (Wildman–Crippen MR) is 93.5 cm³/mol. The van der Waals surface area contributed by atoms with Gasteiger partial charge in [0.1, 0.15) is 17.0 Å². The fraction of sp³-hybridized carbons (Fsp3) is 0.444. The van der Waals surface area contributed by atoms with Crippen LogP contribution in [-0.4, -0.2) is 16.9 Å². The van der Waals surface area contributed by atoms with Crippen LogP contribution in [0.4, 0.5) is 10.5 Å². The number of nitrogens with one attached hydrogen (secondary N) is 1. The van der Waals surface area contributed by atoms with E-state index >= 15 is 0 Å². The minimum atomic E-state index is -0.582. The molecule has 1 aromatic heterocycles. The van der Waals surface area contributed by atoms with Gasteiger partial charge in [-0.05, 0) is 52.2 Å². The normalized spacial score (nSPS) is 14.5. The number of carbonyl (C=O) groups is 1. The molecule has 3 rings (SSSR count). The van der Waals surface area contributed by atoms with E-state index in [1.54, 1.807) is 6.07 Å². The number of hydrogen-bond acceptors (Lipinski definition) is 4. The first-order valence-corrected chi connectivity index (χ1v) is 8.39. The molecule has 5 nitrogen and oxygen atoms in total. The Hall–Kier alpha value is -2.01. The number of ether oxygens (including phenoxy) is 1. The predicted octanol–water partition coefficient (Wildman–Crippen LogP) is 5.53. The molecule has 128 valence electrons. The minimum Gasteiger partial charge on any atom is -0.444 e. The fourth-order valence-electron chi connectivity index (χ4n) is 2.56. The first-order chi connectivity index (χ1) is 11.3. The lowest BCUT2D eigenvalue weighted by Gasteiger charge is -2.20. The van der Waals surface area contributed by atoms with E-state index in [9.17, 15) is 4.79 Å². The zero-order chi connectivity index (χ0) is 17.5. The van der Waals surface area contributed by atoms with Crippen molar-refractivity contribution in [2.45, 2.75) is 52.1 Å². The van der Waals surface area contributed by atoms with Crippen molar-refractivity contribution in [2.75, 3.05) is 5.32 Å². The number of hydrogen-bond donors (Lipinski definition) is 1. The Bertz CT molecular complexity index is 753. The van der Waals surface area contributed by atoms with Crippen LogP contribution in [0.5, 0.6) is 0 Å². The van der Waals surface area contributed by atoms with Crippen LogP contribution in [-0.2, 0) is 4.74 Å². The summed E-state index contributed by atoms with van der Waals surface area (Å²) in [5, 5.41) is 7.57. The molecule has 0 aliphatic heterocycles. The van der Waals surface area contributed by atoms with Gasteiger partial charge in [-0.25, -0.2) is 4.79 Å². The molecule has 0 saturated heterocycles. The molecule has 0 bridgehead atoms. The van der Waals surface area contributed by atoms with Crippen LogP contribution in [0.25, 0.3) is 11.3 Å². The number of carbonyl (C=O) groups excluding carboxylic acids is 1. The summed E-state index contributed by atoms with van der Waals surface area (Å²) >= 11 is 6.36. The lowest BCUT2D eigenvalue weighted by Crippen LogP contribution is -2.27. The van der Waals surface area contributed by atoms with Gasteiger partial charge < -0.3 is 9.26 Å². The summed E-state index contributed by atoms with van der Waals surface area (Å²) < 4.78 is 10.9. The molecular formula is C18H21ClN2O3. The Balaban J connectivity index is 2.01. The largest absolute Gasteiger partial charge is 0.444 e. The average Bonchev–Trinajstić information content (AvgIpc) is 3.21. The maximum Gasteiger partial charge on any atom is 0.412 e. The molecule has 6 heteroatoms. The van der Waals surface area contributed by atoms with E-state index < -0.39 is 11.7 Å². The zero-order valence-electron chi connectivity index (χ0n) is 14.3. The number of anilines is 1. The molecule has 1 heterocycles. The van der Waals surface area contributed by atoms with Crippen LogP contribution in [0.15, 0.2) is 22.7 Å². The minimum absolute atomic E-state index is 0.291. The van der Waals surface area contributed by atoms with E-state index in [1.165, 1.54) is 0 Å². The highest BCUT2D eigenvalue weighted by Gasteiger charge is 2.34. The Labute approximate surface area is 146 Å². The second-order valence-electron chi connectivity index (χ2n) is 7.10. The van der Waals surface area contributed by atoms with Crippen molar-refractivity contribution < 1.29 is 14.1 Å². The molecular weight excluding hydrogens is 328 g/mol. The average molecular weight is 349 g/mol. The van der Waals surface area contributed by atoms with Crippen LogP contribution in [0.3, 0.4) is 0 Å². The second kappa shape index (κ2) is 6.13. The molecule has 0 atom stereocenters. The van der Waals surface area contributed by atoms with Gasteiger partial charge in [0.25, 0.3) is 0 Å². The SMILES string of the molecule is Cc1cccc(Cl)c1-c1noc(C2CC2)c1NC(=O)OC(C)(C)C. The molecule has 0 unspecified atom stereocenters. The maximum absolute atomic E-state index is 12.2. The lowest BCUT2D eigenvalue weighted by molar-refractivity contribution is 0.0635. The molecule has 1 amide bonds. The highest BCUT2D eigenvalue weighted by molar-refractivity contribution is 6.33. The molecule has 1 N–H and O–H groups in total. The van der Waals surface area contributed by atoms with Crippen LogP contribution < -0.4 is 5.32 Å². The van der Waals surface area contributed by atoms with E-state index in [2.05, 4.69) is 10.5 Å². The van der Waals surface area contributed by atoms with Crippen molar-refractivity contribution in [2.24, 2.45) is 0 Å². The molecule has 1 fully saturated rings.